The number of amides is 1. The highest BCUT2D eigenvalue weighted by Crippen LogP contribution is 2.29. The first kappa shape index (κ1) is 19.4. The van der Waals surface area contributed by atoms with Crippen molar-refractivity contribution in [3.8, 4) is 0 Å². The minimum Gasteiger partial charge on any atom is -0.449 e. The van der Waals surface area contributed by atoms with Crippen molar-refractivity contribution in [2.45, 2.75) is 52.2 Å². The molecule has 1 aromatic heterocycles. The Balaban J connectivity index is 1.68. The van der Waals surface area contributed by atoms with E-state index in [0.717, 1.165) is 30.5 Å². The topological polar surface area (TPSA) is 68.3 Å². The van der Waals surface area contributed by atoms with E-state index in [9.17, 15) is 9.59 Å². The molecule has 3 rings (SSSR count). The van der Waals surface area contributed by atoms with Gasteiger partial charge in [0.2, 0.25) is 0 Å². The quantitative estimate of drug-likeness (QED) is 0.634. The van der Waals surface area contributed by atoms with Gasteiger partial charge < -0.3 is 10.1 Å². The molecule has 0 unspecified atom stereocenters. The number of benzene rings is 1. The van der Waals surface area contributed by atoms with Crippen molar-refractivity contribution < 1.29 is 14.3 Å². The average Bonchev–Trinajstić information content (AvgIpc) is 2.61. The van der Waals surface area contributed by atoms with Crippen molar-refractivity contribution in [1.82, 2.24) is 10.3 Å². The summed E-state index contributed by atoms with van der Waals surface area (Å²) in [6.45, 7) is 5.12. The largest absolute Gasteiger partial charge is 0.449 e. The van der Waals surface area contributed by atoms with Crippen molar-refractivity contribution in [2.24, 2.45) is 0 Å². The maximum Gasteiger partial charge on any atom is 0.342 e. The molecule has 27 heavy (non-hydrogen) atoms. The fraction of sp³-hybridized carbons (Fsp3) is 0.381. The summed E-state index contributed by atoms with van der Waals surface area (Å²) in [6.07, 6.45) is 1.98. The van der Waals surface area contributed by atoms with Gasteiger partial charge in [-0.15, -0.1) is 0 Å². The minimum atomic E-state index is -0.927. The highest BCUT2D eigenvalue weighted by molar-refractivity contribution is 6.32. The second kappa shape index (κ2) is 8.09. The molecule has 2 atom stereocenters. The van der Waals surface area contributed by atoms with Crippen LogP contribution in [0.2, 0.25) is 5.15 Å². The number of halogens is 1. The number of pyridine rings is 1. The van der Waals surface area contributed by atoms with Gasteiger partial charge in [0.15, 0.2) is 6.10 Å². The van der Waals surface area contributed by atoms with Crippen LogP contribution in [0.3, 0.4) is 0 Å². The first-order valence-corrected chi connectivity index (χ1v) is 9.47. The summed E-state index contributed by atoms with van der Waals surface area (Å²) in [5.74, 6) is -0.962. The van der Waals surface area contributed by atoms with Gasteiger partial charge >= 0.3 is 5.97 Å². The maximum absolute atomic E-state index is 12.6. The molecule has 0 saturated heterocycles. The van der Waals surface area contributed by atoms with Gasteiger partial charge in [-0.05, 0) is 62.8 Å². The summed E-state index contributed by atoms with van der Waals surface area (Å²) in [6, 6.07) is 9.81. The van der Waals surface area contributed by atoms with Crippen LogP contribution in [-0.2, 0) is 16.0 Å². The summed E-state index contributed by atoms with van der Waals surface area (Å²) in [4.78, 5) is 29.1. The fourth-order valence-corrected chi connectivity index (χ4v) is 3.86. The van der Waals surface area contributed by atoms with E-state index < -0.39 is 12.1 Å². The van der Waals surface area contributed by atoms with Crippen molar-refractivity contribution in [1.29, 1.82) is 0 Å². The number of carbonyl (C=O) groups is 2. The number of aromatic nitrogens is 1. The molecule has 1 amide bonds. The molecule has 0 fully saturated rings. The number of carbonyl (C=O) groups excluding carboxylic acids is 2. The molecule has 2 aromatic rings. The van der Waals surface area contributed by atoms with Gasteiger partial charge in [-0.3, -0.25) is 4.79 Å². The standard InChI is InChI=1S/C21H23ClN2O3/c1-12-11-13(2)23-19(22)18(12)21(26)27-14(3)20(25)24-17-10-6-8-15-7-4-5-9-16(15)17/h4-5,7,9,11,14,17H,6,8,10H2,1-3H3,(H,24,25)/t14-,17+/m0/s1. The van der Waals surface area contributed by atoms with Crippen molar-refractivity contribution in [3.63, 3.8) is 0 Å². The lowest BCUT2D eigenvalue weighted by atomic mass is 9.87. The van der Waals surface area contributed by atoms with Crippen LogP contribution in [0.1, 0.15) is 58.5 Å². The Bertz CT molecular complexity index is 858. The van der Waals surface area contributed by atoms with E-state index in [1.807, 2.05) is 18.2 Å². The molecule has 1 aromatic carbocycles. The average molecular weight is 387 g/mol. The summed E-state index contributed by atoms with van der Waals surface area (Å²) in [5, 5.41) is 3.09. The third-order valence-corrected chi connectivity index (χ3v) is 5.12. The number of nitrogens with zero attached hydrogens (tertiary/aromatic N) is 1. The van der Waals surface area contributed by atoms with Crippen LogP contribution in [-0.4, -0.2) is 23.0 Å². The van der Waals surface area contributed by atoms with Gasteiger partial charge in [-0.2, -0.15) is 0 Å². The predicted octanol–water partition coefficient (Wildman–Crippen LogP) is 4.09. The molecule has 6 heteroatoms. The highest BCUT2D eigenvalue weighted by atomic mass is 35.5. The Hall–Kier alpha value is -2.40. The Morgan fingerprint density at radius 2 is 2.04 bits per heavy atom. The summed E-state index contributed by atoms with van der Waals surface area (Å²) in [5.41, 5.74) is 3.98. The zero-order valence-electron chi connectivity index (χ0n) is 15.7. The van der Waals surface area contributed by atoms with Gasteiger partial charge in [0.1, 0.15) is 5.15 Å². The molecule has 142 valence electrons. The molecule has 1 heterocycles. The maximum atomic E-state index is 12.6. The first-order valence-electron chi connectivity index (χ1n) is 9.09. The second-order valence-corrected chi connectivity index (χ2v) is 7.30. The van der Waals surface area contributed by atoms with Gasteiger partial charge in [0, 0.05) is 5.69 Å². The third kappa shape index (κ3) is 4.30. The van der Waals surface area contributed by atoms with E-state index in [1.54, 1.807) is 26.8 Å². The number of ether oxygens (including phenoxy) is 1. The van der Waals surface area contributed by atoms with Crippen LogP contribution in [0.5, 0.6) is 0 Å². The molecular formula is C21H23ClN2O3. The van der Waals surface area contributed by atoms with E-state index in [2.05, 4.69) is 16.4 Å². The SMILES string of the molecule is Cc1cc(C)c(C(=O)O[C@@H](C)C(=O)N[C@@H]2CCCc3ccccc32)c(Cl)n1. The molecule has 0 spiro atoms. The first-order chi connectivity index (χ1) is 12.9. The smallest absolute Gasteiger partial charge is 0.342 e. The van der Waals surface area contributed by atoms with E-state index in [1.165, 1.54) is 5.56 Å². The zero-order valence-corrected chi connectivity index (χ0v) is 16.5. The van der Waals surface area contributed by atoms with Gasteiger partial charge in [0.05, 0.1) is 11.6 Å². The van der Waals surface area contributed by atoms with E-state index >= 15 is 0 Å². The number of hydrogen-bond acceptors (Lipinski definition) is 4. The van der Waals surface area contributed by atoms with Crippen molar-refractivity contribution in [2.75, 3.05) is 0 Å². The normalized spacial score (nSPS) is 17.0. The lowest BCUT2D eigenvalue weighted by molar-refractivity contribution is -0.130. The molecule has 0 bridgehead atoms. The Morgan fingerprint density at radius 3 is 2.78 bits per heavy atom. The van der Waals surface area contributed by atoms with Gasteiger partial charge in [0.25, 0.3) is 5.91 Å². The molecular weight excluding hydrogens is 364 g/mol. The van der Waals surface area contributed by atoms with E-state index in [4.69, 9.17) is 16.3 Å². The lowest BCUT2D eigenvalue weighted by Crippen LogP contribution is -2.39. The van der Waals surface area contributed by atoms with E-state index in [0.29, 0.717) is 5.56 Å². The van der Waals surface area contributed by atoms with Gasteiger partial charge in [-0.1, -0.05) is 35.9 Å². The van der Waals surface area contributed by atoms with Crippen LogP contribution < -0.4 is 5.32 Å². The molecule has 1 N–H and O–H groups in total. The number of rotatable bonds is 4. The fourth-order valence-electron chi connectivity index (χ4n) is 3.50. The molecule has 0 radical (unpaired) electrons. The number of nitrogens with one attached hydrogen (secondary N) is 1. The van der Waals surface area contributed by atoms with Crippen LogP contribution in [0.4, 0.5) is 0 Å². The van der Waals surface area contributed by atoms with Crippen molar-refractivity contribution >= 4 is 23.5 Å². The third-order valence-electron chi connectivity index (χ3n) is 4.84. The molecule has 1 aliphatic rings. The number of hydrogen-bond donors (Lipinski definition) is 1. The molecule has 5 nitrogen and oxygen atoms in total. The van der Waals surface area contributed by atoms with Gasteiger partial charge in [-0.25, -0.2) is 9.78 Å². The van der Waals surface area contributed by atoms with Crippen LogP contribution in [0.25, 0.3) is 0 Å². The Labute approximate surface area is 164 Å². The highest BCUT2D eigenvalue weighted by Gasteiger charge is 2.27. The van der Waals surface area contributed by atoms with Crippen molar-refractivity contribution in [3.05, 3.63) is 63.4 Å². The summed E-state index contributed by atoms with van der Waals surface area (Å²) in [7, 11) is 0. The van der Waals surface area contributed by atoms with Crippen LogP contribution in [0, 0.1) is 13.8 Å². The number of aryl methyl sites for hydroxylation is 3. The predicted molar refractivity (Wildman–Crippen MR) is 104 cm³/mol. The zero-order chi connectivity index (χ0) is 19.6. The second-order valence-electron chi connectivity index (χ2n) is 6.95. The molecule has 0 saturated carbocycles. The number of esters is 1. The Kier molecular flexibility index (Phi) is 5.80. The lowest BCUT2D eigenvalue weighted by Gasteiger charge is -2.27. The monoisotopic (exact) mass is 386 g/mol. The minimum absolute atomic E-state index is 0.0602. The van der Waals surface area contributed by atoms with Crippen LogP contribution >= 0.6 is 11.6 Å². The Morgan fingerprint density at radius 1 is 1.30 bits per heavy atom. The van der Waals surface area contributed by atoms with Crippen LogP contribution in [0.15, 0.2) is 30.3 Å². The van der Waals surface area contributed by atoms with E-state index in [-0.39, 0.29) is 22.7 Å². The summed E-state index contributed by atoms with van der Waals surface area (Å²) >= 11 is 6.09. The number of fused-ring (bicyclic) bond motifs is 1. The molecule has 1 aliphatic carbocycles. The summed E-state index contributed by atoms with van der Waals surface area (Å²) < 4.78 is 5.35. The molecule has 0 aliphatic heterocycles.